The second-order valence-corrected chi connectivity index (χ2v) is 7.09. The van der Waals surface area contributed by atoms with E-state index in [1.807, 2.05) is 30.3 Å². The highest BCUT2D eigenvalue weighted by molar-refractivity contribution is 7.88. The molecule has 0 saturated heterocycles. The molecule has 0 saturated carbocycles. The molecule has 20 heavy (non-hydrogen) atoms. The summed E-state index contributed by atoms with van der Waals surface area (Å²) in [7, 11) is -3.34. The summed E-state index contributed by atoms with van der Waals surface area (Å²) in [5, 5.41) is 3.88. The zero-order valence-corrected chi connectivity index (χ0v) is 12.6. The molecule has 1 heterocycles. The van der Waals surface area contributed by atoms with Gasteiger partial charge in [-0.25, -0.2) is 13.1 Å². The fourth-order valence-electron chi connectivity index (χ4n) is 1.74. The van der Waals surface area contributed by atoms with E-state index in [-0.39, 0.29) is 18.0 Å². The van der Waals surface area contributed by atoms with E-state index >= 15 is 0 Å². The number of nitrogens with zero attached hydrogens (tertiary/aromatic N) is 3. The van der Waals surface area contributed by atoms with Crippen molar-refractivity contribution in [3.8, 4) is 0 Å². The Morgan fingerprint density at radius 3 is 2.55 bits per heavy atom. The molecule has 0 atom stereocenters. The van der Waals surface area contributed by atoms with Crippen molar-refractivity contribution < 1.29 is 8.42 Å². The highest BCUT2D eigenvalue weighted by Gasteiger charge is 2.17. The third kappa shape index (κ3) is 3.99. The summed E-state index contributed by atoms with van der Waals surface area (Å²) >= 11 is 0.996. The van der Waals surface area contributed by atoms with Gasteiger partial charge in [0, 0.05) is 13.1 Å². The monoisotopic (exact) mass is 313 g/mol. The Morgan fingerprint density at radius 2 is 2.00 bits per heavy atom. The van der Waals surface area contributed by atoms with Crippen LogP contribution < -0.4 is 4.87 Å². The van der Waals surface area contributed by atoms with Gasteiger partial charge in [-0.1, -0.05) is 41.7 Å². The third-order valence-electron chi connectivity index (χ3n) is 2.78. The van der Waals surface area contributed by atoms with E-state index in [9.17, 15) is 13.2 Å². The van der Waals surface area contributed by atoms with Crippen molar-refractivity contribution in [3.63, 3.8) is 0 Å². The summed E-state index contributed by atoms with van der Waals surface area (Å²) in [5.41, 5.74) is 2.35. The van der Waals surface area contributed by atoms with Crippen molar-refractivity contribution in [3.05, 3.63) is 51.1 Å². The quantitative estimate of drug-likeness (QED) is 0.789. The Kier molecular flexibility index (Phi) is 4.69. The fourth-order valence-corrected chi connectivity index (χ4v) is 3.05. The van der Waals surface area contributed by atoms with Gasteiger partial charge < -0.3 is 0 Å². The van der Waals surface area contributed by atoms with Gasteiger partial charge in [0.05, 0.1) is 12.8 Å². The largest absolute Gasteiger partial charge is 0.324 e. The molecule has 0 amide bonds. The Hall–Kier alpha value is -1.51. The first-order valence-corrected chi connectivity index (χ1v) is 8.69. The van der Waals surface area contributed by atoms with Crippen molar-refractivity contribution in [2.75, 3.05) is 12.8 Å². The average molecular weight is 313 g/mol. The molecular weight excluding hydrogens is 298 g/mol. The third-order valence-corrected chi connectivity index (χ3v) is 4.64. The molecule has 1 aromatic carbocycles. The van der Waals surface area contributed by atoms with Gasteiger partial charge in [-0.2, -0.15) is 9.40 Å². The lowest BCUT2D eigenvalue weighted by atomic mass is 10.2. The minimum Gasteiger partial charge on any atom is -0.255 e. The molecule has 0 fully saturated rings. The van der Waals surface area contributed by atoms with Crippen LogP contribution in [-0.2, 0) is 23.1 Å². The zero-order valence-electron chi connectivity index (χ0n) is 11.0. The van der Waals surface area contributed by atoms with E-state index in [0.717, 1.165) is 16.9 Å². The maximum absolute atomic E-state index is 11.8. The lowest BCUT2D eigenvalue weighted by Gasteiger charge is -2.19. The highest BCUT2D eigenvalue weighted by Crippen LogP contribution is 2.08. The Balaban J connectivity index is 2.09. The van der Waals surface area contributed by atoms with Gasteiger partial charge in [0.1, 0.15) is 5.51 Å². The van der Waals surface area contributed by atoms with Crippen LogP contribution in [0.3, 0.4) is 0 Å². The van der Waals surface area contributed by atoms with Crippen molar-refractivity contribution in [1.29, 1.82) is 0 Å². The van der Waals surface area contributed by atoms with E-state index in [2.05, 4.69) is 5.10 Å². The molecule has 0 aliphatic carbocycles. The van der Waals surface area contributed by atoms with Crippen LogP contribution in [0.2, 0.25) is 0 Å². The standard InChI is InChI=1S/C12H15N3O3S2/c1-20(17,18)14(9-11-5-3-2-4-6-11)7-8-15-12(16)19-10-13-15/h2-6,10H,7-9H2,1H3. The van der Waals surface area contributed by atoms with Gasteiger partial charge in [0.25, 0.3) is 0 Å². The van der Waals surface area contributed by atoms with E-state index in [0.29, 0.717) is 6.54 Å². The highest BCUT2D eigenvalue weighted by atomic mass is 32.2. The van der Waals surface area contributed by atoms with Gasteiger partial charge in [0.15, 0.2) is 0 Å². The van der Waals surface area contributed by atoms with Gasteiger partial charge in [-0.3, -0.25) is 4.79 Å². The van der Waals surface area contributed by atoms with E-state index in [4.69, 9.17) is 0 Å². The summed E-state index contributed by atoms with van der Waals surface area (Å²) in [5.74, 6) is 0. The molecule has 0 bridgehead atoms. The normalized spacial score (nSPS) is 11.9. The summed E-state index contributed by atoms with van der Waals surface area (Å²) in [6.07, 6.45) is 1.17. The molecule has 6 nitrogen and oxygen atoms in total. The van der Waals surface area contributed by atoms with E-state index in [1.165, 1.54) is 20.8 Å². The first-order valence-electron chi connectivity index (χ1n) is 5.96. The molecule has 1 aromatic heterocycles. The molecule has 8 heteroatoms. The van der Waals surface area contributed by atoms with Gasteiger partial charge in [0.2, 0.25) is 10.0 Å². The number of aromatic nitrogens is 2. The van der Waals surface area contributed by atoms with Crippen LogP contribution in [-0.4, -0.2) is 35.3 Å². The van der Waals surface area contributed by atoms with Crippen LogP contribution in [0.4, 0.5) is 0 Å². The second kappa shape index (κ2) is 6.29. The predicted molar refractivity (Wildman–Crippen MR) is 78.1 cm³/mol. The Morgan fingerprint density at radius 1 is 1.30 bits per heavy atom. The van der Waals surface area contributed by atoms with Crippen LogP contribution in [0.5, 0.6) is 0 Å². The van der Waals surface area contributed by atoms with E-state index < -0.39 is 10.0 Å². The molecule has 0 N–H and O–H groups in total. The summed E-state index contributed by atoms with van der Waals surface area (Å²) in [6.45, 7) is 0.762. The fraction of sp³-hybridized carbons (Fsp3) is 0.333. The van der Waals surface area contributed by atoms with Gasteiger partial charge in [-0.15, -0.1) is 0 Å². The summed E-state index contributed by atoms with van der Waals surface area (Å²) in [4.78, 5) is 11.2. The van der Waals surface area contributed by atoms with Crippen LogP contribution in [0.25, 0.3) is 0 Å². The lowest BCUT2D eigenvalue weighted by molar-refractivity contribution is 0.379. The molecule has 0 unspecified atom stereocenters. The number of sulfonamides is 1. The average Bonchev–Trinajstić information content (AvgIpc) is 2.80. The molecule has 0 aliphatic rings. The molecule has 0 radical (unpaired) electrons. The Bertz CT molecular complexity index is 707. The maximum atomic E-state index is 11.8. The number of benzene rings is 1. The molecule has 2 rings (SSSR count). The topological polar surface area (TPSA) is 72.3 Å². The van der Waals surface area contributed by atoms with Crippen LogP contribution >= 0.6 is 11.3 Å². The smallest absolute Gasteiger partial charge is 0.255 e. The second-order valence-electron chi connectivity index (χ2n) is 4.31. The van der Waals surface area contributed by atoms with Crippen LogP contribution in [0, 0.1) is 0 Å². The zero-order chi connectivity index (χ0) is 14.6. The molecule has 2 aromatic rings. The summed E-state index contributed by atoms with van der Waals surface area (Å²) < 4.78 is 26.2. The van der Waals surface area contributed by atoms with Gasteiger partial charge in [-0.05, 0) is 5.56 Å². The van der Waals surface area contributed by atoms with Crippen molar-refractivity contribution >= 4 is 21.4 Å². The first kappa shape index (κ1) is 14.9. The van der Waals surface area contributed by atoms with E-state index in [1.54, 1.807) is 0 Å². The number of hydrogen-bond donors (Lipinski definition) is 0. The number of rotatable bonds is 6. The summed E-state index contributed by atoms with van der Waals surface area (Å²) in [6, 6.07) is 9.34. The lowest BCUT2D eigenvalue weighted by Crippen LogP contribution is -2.34. The minimum atomic E-state index is -3.34. The van der Waals surface area contributed by atoms with Crippen LogP contribution in [0.15, 0.2) is 40.6 Å². The first-order chi connectivity index (χ1) is 9.47. The minimum absolute atomic E-state index is 0.182. The molecule has 0 spiro atoms. The Labute approximate surface area is 121 Å². The number of hydrogen-bond acceptors (Lipinski definition) is 5. The molecule has 108 valence electrons. The van der Waals surface area contributed by atoms with Crippen LogP contribution in [0.1, 0.15) is 5.56 Å². The SMILES string of the molecule is CS(=O)(=O)N(CCn1ncsc1=O)Cc1ccccc1. The van der Waals surface area contributed by atoms with Gasteiger partial charge >= 0.3 is 4.87 Å². The molecular formula is C12H15N3O3S2. The van der Waals surface area contributed by atoms with Crippen molar-refractivity contribution in [1.82, 2.24) is 14.1 Å². The van der Waals surface area contributed by atoms with Crippen molar-refractivity contribution in [2.45, 2.75) is 13.1 Å². The predicted octanol–water partition coefficient (Wildman–Crippen LogP) is 0.767. The van der Waals surface area contributed by atoms with Crippen molar-refractivity contribution in [2.24, 2.45) is 0 Å². The maximum Gasteiger partial charge on any atom is 0.324 e. The molecule has 0 aliphatic heterocycles.